The van der Waals surface area contributed by atoms with Gasteiger partial charge in [-0.15, -0.1) is 0 Å². The molecule has 0 aromatic carbocycles. The normalized spacial score (nSPS) is 12.5. The molecule has 0 aliphatic carbocycles. The molecule has 0 heterocycles. The van der Waals surface area contributed by atoms with Crippen LogP contribution in [0, 0.1) is 0 Å². The molecule has 6 heteroatoms. The van der Waals surface area contributed by atoms with Crippen molar-refractivity contribution in [1.29, 1.82) is 0 Å². The molecule has 1 unspecified atom stereocenters. The fraction of sp³-hybridized carbons (Fsp3) is 0.780. The fourth-order valence-corrected chi connectivity index (χ4v) is 7.86. The van der Waals surface area contributed by atoms with E-state index in [0.717, 1.165) is 77.0 Å². The van der Waals surface area contributed by atoms with Gasteiger partial charge in [-0.05, 0) is 70.6 Å². The molecule has 376 valence electrons. The summed E-state index contributed by atoms with van der Waals surface area (Å²) >= 11 is 0. The lowest BCUT2D eigenvalue weighted by Gasteiger charge is -2.18. The molecule has 0 N–H and O–H groups in total. The summed E-state index contributed by atoms with van der Waals surface area (Å²) in [6.07, 6.45) is 66.7. The van der Waals surface area contributed by atoms with Crippen LogP contribution in [0.4, 0.5) is 0 Å². The van der Waals surface area contributed by atoms with E-state index in [1.54, 1.807) is 0 Å². The lowest BCUT2D eigenvalue weighted by molar-refractivity contribution is -0.166. The van der Waals surface area contributed by atoms with Gasteiger partial charge in [0.15, 0.2) is 6.10 Å². The van der Waals surface area contributed by atoms with Crippen LogP contribution in [0.15, 0.2) is 60.8 Å². The van der Waals surface area contributed by atoms with Gasteiger partial charge < -0.3 is 14.2 Å². The summed E-state index contributed by atoms with van der Waals surface area (Å²) in [5.74, 6) is -0.987. The molecule has 1 atom stereocenters. The molecule has 0 saturated carbocycles. The Labute approximate surface area is 402 Å². The van der Waals surface area contributed by atoms with Crippen molar-refractivity contribution in [3.8, 4) is 0 Å². The van der Waals surface area contributed by atoms with Crippen molar-refractivity contribution in [2.75, 3.05) is 13.2 Å². The molecular formula is C59H104O6. The quantitative estimate of drug-likeness (QED) is 0.0262. The topological polar surface area (TPSA) is 78.9 Å². The van der Waals surface area contributed by atoms with Crippen molar-refractivity contribution >= 4 is 17.9 Å². The van der Waals surface area contributed by atoms with Crippen LogP contribution in [0.3, 0.4) is 0 Å². The SMILES string of the molecule is CC/C=C\C/C=C\C/C=C\C/C=C\CCC(=O)OC(COC(=O)CCCCCCC/C=C\CCCCC)COC(=O)CCCCCCCCCCCCCCCCCCCCCCCC. The highest BCUT2D eigenvalue weighted by molar-refractivity contribution is 5.71. The number of ether oxygens (including phenoxy) is 3. The first-order chi connectivity index (χ1) is 32.0. The minimum absolute atomic E-state index is 0.103. The number of hydrogen-bond donors (Lipinski definition) is 0. The molecule has 0 aromatic heterocycles. The zero-order valence-corrected chi connectivity index (χ0v) is 43.0. The Kier molecular flexibility index (Phi) is 51.3. The van der Waals surface area contributed by atoms with Gasteiger partial charge >= 0.3 is 17.9 Å². The van der Waals surface area contributed by atoms with E-state index in [9.17, 15) is 14.4 Å². The van der Waals surface area contributed by atoms with Gasteiger partial charge in [0, 0.05) is 19.3 Å². The van der Waals surface area contributed by atoms with E-state index in [1.807, 2.05) is 12.2 Å². The average molecular weight is 909 g/mol. The summed E-state index contributed by atoms with van der Waals surface area (Å²) in [6.45, 7) is 6.45. The van der Waals surface area contributed by atoms with Crippen LogP contribution < -0.4 is 0 Å². The fourth-order valence-electron chi connectivity index (χ4n) is 7.86. The van der Waals surface area contributed by atoms with Crippen molar-refractivity contribution in [3.63, 3.8) is 0 Å². The molecule has 0 amide bonds. The second-order valence-electron chi connectivity index (χ2n) is 18.5. The molecular weight excluding hydrogens is 805 g/mol. The Morgan fingerprint density at radius 3 is 1.03 bits per heavy atom. The number of unbranched alkanes of at least 4 members (excludes halogenated alkanes) is 29. The van der Waals surface area contributed by atoms with Crippen LogP contribution in [-0.2, 0) is 28.6 Å². The van der Waals surface area contributed by atoms with Gasteiger partial charge in [-0.25, -0.2) is 0 Å². The Balaban J connectivity index is 4.31. The van der Waals surface area contributed by atoms with Gasteiger partial charge in [0.1, 0.15) is 13.2 Å². The zero-order chi connectivity index (χ0) is 47.2. The number of rotatable bonds is 50. The largest absolute Gasteiger partial charge is 0.462 e. The molecule has 0 radical (unpaired) electrons. The zero-order valence-electron chi connectivity index (χ0n) is 43.0. The Bertz CT molecular complexity index is 1180. The van der Waals surface area contributed by atoms with Crippen LogP contribution in [0.1, 0.15) is 278 Å². The van der Waals surface area contributed by atoms with E-state index in [1.165, 1.54) is 154 Å². The van der Waals surface area contributed by atoms with Crippen molar-refractivity contribution < 1.29 is 28.6 Å². The molecule has 0 aliphatic rings. The molecule has 0 spiro atoms. The second-order valence-corrected chi connectivity index (χ2v) is 18.5. The lowest BCUT2D eigenvalue weighted by atomic mass is 10.0. The van der Waals surface area contributed by atoms with Crippen LogP contribution >= 0.6 is 0 Å². The van der Waals surface area contributed by atoms with Crippen LogP contribution in [0.25, 0.3) is 0 Å². The summed E-state index contributed by atoms with van der Waals surface area (Å²) in [5, 5.41) is 0. The van der Waals surface area contributed by atoms with Gasteiger partial charge in [0.2, 0.25) is 0 Å². The molecule has 0 aromatic rings. The first-order valence-corrected chi connectivity index (χ1v) is 27.8. The third-order valence-corrected chi connectivity index (χ3v) is 12.0. The molecule has 0 saturated heterocycles. The van der Waals surface area contributed by atoms with E-state index in [-0.39, 0.29) is 37.5 Å². The summed E-state index contributed by atoms with van der Waals surface area (Å²) < 4.78 is 16.7. The first kappa shape index (κ1) is 62.1. The predicted molar refractivity (Wildman–Crippen MR) is 279 cm³/mol. The van der Waals surface area contributed by atoms with Crippen LogP contribution in [0.5, 0.6) is 0 Å². The maximum Gasteiger partial charge on any atom is 0.306 e. The van der Waals surface area contributed by atoms with Gasteiger partial charge in [-0.1, -0.05) is 248 Å². The van der Waals surface area contributed by atoms with Gasteiger partial charge in [0.05, 0.1) is 0 Å². The minimum Gasteiger partial charge on any atom is -0.462 e. The standard InChI is InChI=1S/C59H104O6/c1-4-7-10-13-16-19-22-25-26-27-28-29-30-31-32-33-35-37-40-43-46-49-52-58(61)64-55-56(54-63-57(60)51-48-45-42-39-36-24-21-18-15-12-9-6-3)65-59(62)53-50-47-44-41-38-34-23-20-17-14-11-8-5-2/h8,11,17-18,20-21,34,38,44,47,56H,4-7,9-10,12-16,19,22-33,35-37,39-43,45-46,48-55H2,1-3H3/b11-8-,20-17-,21-18-,38-34-,47-44-. The number of esters is 3. The van der Waals surface area contributed by atoms with Gasteiger partial charge in [0.25, 0.3) is 0 Å². The third-order valence-electron chi connectivity index (χ3n) is 12.0. The van der Waals surface area contributed by atoms with E-state index in [2.05, 4.69) is 69.4 Å². The maximum atomic E-state index is 12.8. The van der Waals surface area contributed by atoms with Crippen molar-refractivity contribution in [1.82, 2.24) is 0 Å². The Hall–Kier alpha value is -2.89. The molecule has 0 fully saturated rings. The van der Waals surface area contributed by atoms with Crippen molar-refractivity contribution in [3.05, 3.63) is 60.8 Å². The second kappa shape index (κ2) is 53.7. The predicted octanol–water partition coefficient (Wildman–Crippen LogP) is 18.4. The van der Waals surface area contributed by atoms with E-state index in [0.29, 0.717) is 19.3 Å². The number of allylic oxidation sites excluding steroid dienone is 10. The lowest BCUT2D eigenvalue weighted by Crippen LogP contribution is -2.30. The summed E-state index contributed by atoms with van der Waals surface area (Å²) in [5.41, 5.74) is 0. The van der Waals surface area contributed by atoms with Crippen molar-refractivity contribution in [2.45, 2.75) is 284 Å². The Morgan fingerprint density at radius 1 is 0.323 bits per heavy atom. The number of carbonyl (C=O) groups excluding carboxylic acids is 3. The van der Waals surface area contributed by atoms with E-state index >= 15 is 0 Å². The van der Waals surface area contributed by atoms with Gasteiger partial charge in [-0.2, -0.15) is 0 Å². The smallest absolute Gasteiger partial charge is 0.306 e. The molecule has 0 rings (SSSR count). The molecule has 0 bridgehead atoms. The van der Waals surface area contributed by atoms with Crippen LogP contribution in [0.2, 0.25) is 0 Å². The first-order valence-electron chi connectivity index (χ1n) is 27.8. The van der Waals surface area contributed by atoms with Crippen LogP contribution in [-0.4, -0.2) is 37.2 Å². The number of carbonyl (C=O) groups is 3. The highest BCUT2D eigenvalue weighted by atomic mass is 16.6. The number of hydrogen-bond acceptors (Lipinski definition) is 6. The molecule has 65 heavy (non-hydrogen) atoms. The molecule has 6 nitrogen and oxygen atoms in total. The van der Waals surface area contributed by atoms with E-state index < -0.39 is 6.10 Å². The van der Waals surface area contributed by atoms with E-state index in [4.69, 9.17) is 14.2 Å². The average Bonchev–Trinajstić information content (AvgIpc) is 3.30. The molecule has 0 aliphatic heterocycles. The van der Waals surface area contributed by atoms with Crippen molar-refractivity contribution in [2.24, 2.45) is 0 Å². The maximum absolute atomic E-state index is 12.8. The monoisotopic (exact) mass is 909 g/mol. The summed E-state index contributed by atoms with van der Waals surface area (Å²) in [7, 11) is 0. The minimum atomic E-state index is -0.813. The Morgan fingerprint density at radius 2 is 0.631 bits per heavy atom. The highest BCUT2D eigenvalue weighted by Crippen LogP contribution is 2.16. The third kappa shape index (κ3) is 51.9. The summed E-state index contributed by atoms with van der Waals surface area (Å²) in [4.78, 5) is 38.0. The summed E-state index contributed by atoms with van der Waals surface area (Å²) in [6, 6.07) is 0. The van der Waals surface area contributed by atoms with Gasteiger partial charge in [-0.3, -0.25) is 14.4 Å². The highest BCUT2D eigenvalue weighted by Gasteiger charge is 2.19.